The lowest BCUT2D eigenvalue weighted by atomic mass is 10.3. The van der Waals surface area contributed by atoms with Crippen LogP contribution in [0.2, 0.25) is 5.02 Å². The second-order valence-electron chi connectivity index (χ2n) is 5.07. The van der Waals surface area contributed by atoms with Gasteiger partial charge in [0.1, 0.15) is 0 Å². The first-order valence-corrected chi connectivity index (χ1v) is 9.11. The standard InChI is InChI=1S/C16H19ClN2O3S/c1-2-3-4-8-16(20)18-9-11-19(12-10-18)23(21,22)15-7-5-6-14(17)13-15/h2-8,13H,9-12H2,1H3. The third-order valence-corrected chi connectivity index (χ3v) is 5.66. The lowest BCUT2D eigenvalue weighted by Gasteiger charge is -2.33. The molecule has 2 rings (SSSR count). The highest BCUT2D eigenvalue weighted by Crippen LogP contribution is 2.20. The molecule has 1 heterocycles. The minimum Gasteiger partial charge on any atom is -0.337 e. The molecule has 0 bridgehead atoms. The van der Waals surface area contributed by atoms with Gasteiger partial charge < -0.3 is 4.90 Å². The van der Waals surface area contributed by atoms with Crippen molar-refractivity contribution in [2.75, 3.05) is 26.2 Å². The molecule has 1 fully saturated rings. The molecule has 1 aliphatic rings. The fraction of sp³-hybridized carbons (Fsp3) is 0.312. The summed E-state index contributed by atoms with van der Waals surface area (Å²) in [5.41, 5.74) is 0. The van der Waals surface area contributed by atoms with Crippen LogP contribution < -0.4 is 0 Å². The number of sulfonamides is 1. The number of hydrogen-bond donors (Lipinski definition) is 0. The van der Waals surface area contributed by atoms with E-state index in [9.17, 15) is 13.2 Å². The smallest absolute Gasteiger partial charge is 0.246 e. The van der Waals surface area contributed by atoms with Crippen LogP contribution in [0.1, 0.15) is 6.92 Å². The Morgan fingerprint density at radius 1 is 1.17 bits per heavy atom. The number of hydrogen-bond acceptors (Lipinski definition) is 3. The van der Waals surface area contributed by atoms with E-state index in [2.05, 4.69) is 0 Å². The Balaban J connectivity index is 2.02. The summed E-state index contributed by atoms with van der Waals surface area (Å²) in [6.07, 6.45) is 6.77. The fourth-order valence-corrected chi connectivity index (χ4v) is 4.00. The Morgan fingerprint density at radius 3 is 2.48 bits per heavy atom. The Morgan fingerprint density at radius 2 is 1.87 bits per heavy atom. The molecule has 0 aliphatic carbocycles. The molecule has 1 aliphatic heterocycles. The number of benzene rings is 1. The molecule has 23 heavy (non-hydrogen) atoms. The van der Waals surface area contributed by atoms with E-state index in [0.29, 0.717) is 18.1 Å². The lowest BCUT2D eigenvalue weighted by Crippen LogP contribution is -2.50. The van der Waals surface area contributed by atoms with Crippen LogP contribution in [-0.2, 0) is 14.8 Å². The molecule has 0 N–H and O–H groups in total. The van der Waals surface area contributed by atoms with Crippen LogP contribution >= 0.6 is 11.6 Å². The van der Waals surface area contributed by atoms with Crippen molar-refractivity contribution in [2.45, 2.75) is 11.8 Å². The SMILES string of the molecule is CC=CC=CC(=O)N1CCN(S(=O)(=O)c2cccc(Cl)c2)CC1. The summed E-state index contributed by atoms with van der Waals surface area (Å²) in [6.45, 7) is 3.17. The number of amides is 1. The zero-order valence-electron chi connectivity index (χ0n) is 12.9. The van der Waals surface area contributed by atoms with Crippen molar-refractivity contribution in [1.29, 1.82) is 0 Å². The Bertz CT molecular complexity index is 721. The van der Waals surface area contributed by atoms with Crippen LogP contribution in [0.25, 0.3) is 0 Å². The highest BCUT2D eigenvalue weighted by molar-refractivity contribution is 7.89. The van der Waals surface area contributed by atoms with Gasteiger partial charge >= 0.3 is 0 Å². The molecule has 0 atom stereocenters. The molecule has 1 saturated heterocycles. The van der Waals surface area contributed by atoms with Crippen molar-refractivity contribution in [3.63, 3.8) is 0 Å². The zero-order valence-corrected chi connectivity index (χ0v) is 14.4. The van der Waals surface area contributed by atoms with Gasteiger partial charge in [0.2, 0.25) is 15.9 Å². The first kappa shape index (κ1) is 17.7. The number of piperazine rings is 1. The number of rotatable bonds is 4. The first-order valence-electron chi connectivity index (χ1n) is 7.29. The molecular weight excluding hydrogens is 336 g/mol. The Labute approximate surface area is 141 Å². The van der Waals surface area contributed by atoms with E-state index >= 15 is 0 Å². The normalized spacial score (nSPS) is 17.2. The van der Waals surface area contributed by atoms with E-state index in [1.165, 1.54) is 22.5 Å². The monoisotopic (exact) mass is 354 g/mol. The summed E-state index contributed by atoms with van der Waals surface area (Å²) in [4.78, 5) is 13.8. The van der Waals surface area contributed by atoms with Gasteiger partial charge in [0.05, 0.1) is 4.90 Å². The van der Waals surface area contributed by atoms with E-state index in [0.717, 1.165) is 0 Å². The second-order valence-corrected chi connectivity index (χ2v) is 7.45. The number of allylic oxidation sites excluding steroid dienone is 3. The molecule has 1 aromatic rings. The van der Waals surface area contributed by atoms with Gasteiger partial charge in [0.15, 0.2) is 0 Å². The highest BCUT2D eigenvalue weighted by atomic mass is 35.5. The van der Waals surface area contributed by atoms with E-state index in [1.54, 1.807) is 29.2 Å². The predicted molar refractivity (Wildman–Crippen MR) is 90.7 cm³/mol. The van der Waals surface area contributed by atoms with Crippen molar-refractivity contribution in [1.82, 2.24) is 9.21 Å². The minimum atomic E-state index is -3.57. The summed E-state index contributed by atoms with van der Waals surface area (Å²) in [6, 6.07) is 6.21. The van der Waals surface area contributed by atoms with E-state index in [-0.39, 0.29) is 23.9 Å². The topological polar surface area (TPSA) is 57.7 Å². The third-order valence-electron chi connectivity index (χ3n) is 3.53. The molecule has 0 aromatic heterocycles. The van der Waals surface area contributed by atoms with Crippen LogP contribution in [0.5, 0.6) is 0 Å². The highest BCUT2D eigenvalue weighted by Gasteiger charge is 2.29. The fourth-order valence-electron chi connectivity index (χ4n) is 2.28. The molecule has 0 saturated carbocycles. The van der Waals surface area contributed by atoms with Gasteiger partial charge in [0.25, 0.3) is 0 Å². The summed E-state index contributed by atoms with van der Waals surface area (Å²) in [7, 11) is -3.57. The quantitative estimate of drug-likeness (QED) is 0.616. The molecular formula is C16H19ClN2O3S. The molecule has 5 nitrogen and oxygen atoms in total. The van der Waals surface area contributed by atoms with Gasteiger partial charge in [-0.2, -0.15) is 4.31 Å². The first-order chi connectivity index (χ1) is 10.9. The van der Waals surface area contributed by atoms with Crippen LogP contribution in [0, 0.1) is 0 Å². The van der Waals surface area contributed by atoms with Gasteiger partial charge in [-0.25, -0.2) is 8.42 Å². The van der Waals surface area contributed by atoms with Gasteiger partial charge in [-0.1, -0.05) is 35.9 Å². The van der Waals surface area contributed by atoms with Crippen LogP contribution in [-0.4, -0.2) is 49.7 Å². The Kier molecular flexibility index (Phi) is 5.98. The maximum Gasteiger partial charge on any atom is 0.246 e. The minimum absolute atomic E-state index is 0.108. The van der Waals surface area contributed by atoms with Crippen molar-refractivity contribution in [3.8, 4) is 0 Å². The lowest BCUT2D eigenvalue weighted by molar-refractivity contribution is -0.127. The van der Waals surface area contributed by atoms with Gasteiger partial charge in [-0.3, -0.25) is 4.79 Å². The summed E-state index contributed by atoms with van der Waals surface area (Å²) < 4.78 is 26.5. The van der Waals surface area contributed by atoms with Gasteiger partial charge in [0, 0.05) is 37.3 Å². The number of carbonyl (C=O) groups is 1. The van der Waals surface area contributed by atoms with E-state index in [4.69, 9.17) is 11.6 Å². The Hall–Kier alpha value is -1.63. The van der Waals surface area contributed by atoms with Crippen molar-refractivity contribution in [2.24, 2.45) is 0 Å². The number of nitrogens with zero attached hydrogens (tertiary/aromatic N) is 2. The molecule has 1 aromatic carbocycles. The van der Waals surface area contributed by atoms with Gasteiger partial charge in [-0.15, -0.1) is 0 Å². The largest absolute Gasteiger partial charge is 0.337 e. The molecule has 1 amide bonds. The number of halogens is 1. The van der Waals surface area contributed by atoms with Crippen LogP contribution in [0.15, 0.2) is 53.5 Å². The number of carbonyl (C=O) groups excluding carboxylic acids is 1. The van der Waals surface area contributed by atoms with Crippen molar-refractivity contribution in [3.05, 3.63) is 53.6 Å². The third kappa shape index (κ3) is 4.43. The van der Waals surface area contributed by atoms with Crippen molar-refractivity contribution < 1.29 is 13.2 Å². The van der Waals surface area contributed by atoms with E-state index in [1.807, 2.05) is 13.0 Å². The molecule has 0 spiro atoms. The molecule has 0 radical (unpaired) electrons. The van der Waals surface area contributed by atoms with E-state index < -0.39 is 10.0 Å². The van der Waals surface area contributed by atoms with Crippen LogP contribution in [0.4, 0.5) is 0 Å². The zero-order chi connectivity index (χ0) is 16.9. The maximum absolute atomic E-state index is 12.6. The van der Waals surface area contributed by atoms with Gasteiger partial charge in [-0.05, 0) is 25.1 Å². The van der Waals surface area contributed by atoms with Crippen molar-refractivity contribution >= 4 is 27.5 Å². The molecule has 124 valence electrons. The molecule has 7 heteroatoms. The second kappa shape index (κ2) is 7.77. The summed E-state index contributed by atoms with van der Waals surface area (Å²) in [5.74, 6) is -0.108. The summed E-state index contributed by atoms with van der Waals surface area (Å²) in [5, 5.41) is 0.383. The molecule has 0 unspecified atom stereocenters. The predicted octanol–water partition coefficient (Wildman–Crippen LogP) is 2.31. The van der Waals surface area contributed by atoms with Crippen LogP contribution in [0.3, 0.4) is 0 Å². The average molecular weight is 355 g/mol. The summed E-state index contributed by atoms with van der Waals surface area (Å²) >= 11 is 5.87. The average Bonchev–Trinajstić information content (AvgIpc) is 2.55. The maximum atomic E-state index is 12.6.